The van der Waals surface area contributed by atoms with Gasteiger partial charge in [0.15, 0.2) is 0 Å². The summed E-state index contributed by atoms with van der Waals surface area (Å²) < 4.78 is 0. The summed E-state index contributed by atoms with van der Waals surface area (Å²) >= 11 is 0. The highest BCUT2D eigenvalue weighted by molar-refractivity contribution is 5.85. The Balaban J connectivity index is 0.00000242. The number of halogens is 1. The lowest BCUT2D eigenvalue weighted by molar-refractivity contribution is -0.141. The minimum atomic E-state index is 0. The number of nitrogens with one attached hydrogen (secondary N) is 1. The highest BCUT2D eigenvalue weighted by Crippen LogP contribution is 2.19. The van der Waals surface area contributed by atoms with Crippen LogP contribution >= 0.6 is 12.4 Å². The fourth-order valence-corrected chi connectivity index (χ4v) is 3.20. The second-order valence-electron chi connectivity index (χ2n) is 6.59. The van der Waals surface area contributed by atoms with Gasteiger partial charge in [-0.1, -0.05) is 13.8 Å². The zero-order valence-electron chi connectivity index (χ0n) is 13.8. The number of carbonyl (C=O) groups excluding carboxylic acids is 2. The molecule has 5 nitrogen and oxygen atoms in total. The van der Waals surface area contributed by atoms with E-state index in [1.165, 1.54) is 12.8 Å². The third kappa shape index (κ3) is 5.43. The molecule has 2 amide bonds. The molecular weight excluding hydrogens is 302 g/mol. The van der Waals surface area contributed by atoms with Crippen LogP contribution in [0, 0.1) is 11.8 Å². The van der Waals surface area contributed by atoms with Gasteiger partial charge < -0.3 is 15.1 Å². The van der Waals surface area contributed by atoms with E-state index < -0.39 is 0 Å². The molecule has 2 aliphatic heterocycles. The number of amides is 2. The molecule has 0 atom stereocenters. The fraction of sp³-hybridized carbons (Fsp3) is 0.875. The maximum Gasteiger partial charge on any atom is 0.225 e. The molecule has 0 aromatic rings. The van der Waals surface area contributed by atoms with E-state index in [1.807, 2.05) is 23.6 Å². The molecule has 6 heteroatoms. The minimum Gasteiger partial charge on any atom is -0.339 e. The summed E-state index contributed by atoms with van der Waals surface area (Å²) in [6.07, 6.45) is 4.09. The molecular formula is C16H30ClN3O2. The molecule has 0 aromatic carbocycles. The summed E-state index contributed by atoms with van der Waals surface area (Å²) in [6.45, 7) is 8.82. The summed E-state index contributed by atoms with van der Waals surface area (Å²) in [5.41, 5.74) is 0. The van der Waals surface area contributed by atoms with Gasteiger partial charge in [0.2, 0.25) is 11.8 Å². The monoisotopic (exact) mass is 331 g/mol. The Bertz CT molecular complexity index is 362. The molecule has 2 saturated heterocycles. The molecule has 0 unspecified atom stereocenters. The number of nitrogens with zero attached hydrogens (tertiary/aromatic N) is 2. The highest BCUT2D eigenvalue weighted by Gasteiger charge is 2.25. The SMILES string of the molecule is CC(C)C(=O)N1CCN(C(=O)CCC2CCNCC2)CC1.Cl. The summed E-state index contributed by atoms with van der Waals surface area (Å²) in [7, 11) is 0. The van der Waals surface area contributed by atoms with Crippen LogP contribution in [0.15, 0.2) is 0 Å². The average Bonchev–Trinajstić information content (AvgIpc) is 2.53. The molecule has 2 rings (SSSR count). The molecule has 0 aromatic heterocycles. The molecule has 128 valence electrons. The molecule has 22 heavy (non-hydrogen) atoms. The van der Waals surface area contributed by atoms with Crippen molar-refractivity contribution in [3.05, 3.63) is 0 Å². The van der Waals surface area contributed by atoms with Crippen LogP contribution in [-0.2, 0) is 9.59 Å². The van der Waals surface area contributed by atoms with Gasteiger partial charge in [-0.2, -0.15) is 0 Å². The quantitative estimate of drug-likeness (QED) is 0.849. The van der Waals surface area contributed by atoms with E-state index in [0.29, 0.717) is 38.5 Å². The Morgan fingerprint density at radius 3 is 2.14 bits per heavy atom. The largest absolute Gasteiger partial charge is 0.339 e. The van der Waals surface area contributed by atoms with Crippen LogP contribution in [0.1, 0.15) is 39.5 Å². The Hall–Kier alpha value is -0.810. The van der Waals surface area contributed by atoms with Crippen LogP contribution in [0.25, 0.3) is 0 Å². The topological polar surface area (TPSA) is 52.7 Å². The predicted octanol–water partition coefficient (Wildman–Crippen LogP) is 1.51. The van der Waals surface area contributed by atoms with Crippen LogP contribution in [0.5, 0.6) is 0 Å². The lowest BCUT2D eigenvalue weighted by atomic mass is 9.93. The van der Waals surface area contributed by atoms with Crippen molar-refractivity contribution in [1.82, 2.24) is 15.1 Å². The number of hydrogen-bond acceptors (Lipinski definition) is 3. The lowest BCUT2D eigenvalue weighted by Crippen LogP contribution is -2.51. The molecule has 0 bridgehead atoms. The van der Waals surface area contributed by atoms with Crippen molar-refractivity contribution in [2.24, 2.45) is 11.8 Å². The fourth-order valence-electron chi connectivity index (χ4n) is 3.20. The van der Waals surface area contributed by atoms with Crippen LogP contribution in [0.3, 0.4) is 0 Å². The predicted molar refractivity (Wildman–Crippen MR) is 90.1 cm³/mol. The highest BCUT2D eigenvalue weighted by atomic mass is 35.5. The van der Waals surface area contributed by atoms with Crippen molar-refractivity contribution in [3.8, 4) is 0 Å². The van der Waals surface area contributed by atoms with E-state index in [2.05, 4.69) is 5.32 Å². The summed E-state index contributed by atoms with van der Waals surface area (Å²) in [5, 5.41) is 3.36. The van der Waals surface area contributed by atoms with Crippen molar-refractivity contribution in [2.75, 3.05) is 39.3 Å². The Morgan fingerprint density at radius 1 is 1.05 bits per heavy atom. The van der Waals surface area contributed by atoms with E-state index in [-0.39, 0.29) is 30.1 Å². The number of rotatable bonds is 4. The smallest absolute Gasteiger partial charge is 0.225 e. The van der Waals surface area contributed by atoms with Crippen molar-refractivity contribution in [1.29, 1.82) is 0 Å². The average molecular weight is 332 g/mol. The van der Waals surface area contributed by atoms with Crippen molar-refractivity contribution < 1.29 is 9.59 Å². The number of piperidine rings is 1. The van der Waals surface area contributed by atoms with Gasteiger partial charge in [-0.3, -0.25) is 9.59 Å². The van der Waals surface area contributed by atoms with Crippen LogP contribution in [0.4, 0.5) is 0 Å². The minimum absolute atomic E-state index is 0. The second-order valence-corrected chi connectivity index (χ2v) is 6.59. The Kier molecular flexibility index (Phi) is 8.18. The lowest BCUT2D eigenvalue weighted by Gasteiger charge is -2.36. The van der Waals surface area contributed by atoms with E-state index in [9.17, 15) is 9.59 Å². The van der Waals surface area contributed by atoms with Gasteiger partial charge in [-0.25, -0.2) is 0 Å². The third-order valence-electron chi connectivity index (χ3n) is 4.66. The molecule has 0 aliphatic carbocycles. The zero-order chi connectivity index (χ0) is 15.2. The van der Waals surface area contributed by atoms with Crippen molar-refractivity contribution in [3.63, 3.8) is 0 Å². The Morgan fingerprint density at radius 2 is 1.59 bits per heavy atom. The van der Waals surface area contributed by atoms with Gasteiger partial charge in [0.1, 0.15) is 0 Å². The van der Waals surface area contributed by atoms with Gasteiger partial charge in [0, 0.05) is 38.5 Å². The first-order valence-electron chi connectivity index (χ1n) is 8.35. The first-order chi connectivity index (χ1) is 10.1. The number of carbonyl (C=O) groups is 2. The summed E-state index contributed by atoms with van der Waals surface area (Å²) in [5.74, 6) is 1.23. The molecule has 2 fully saturated rings. The van der Waals surface area contributed by atoms with E-state index in [4.69, 9.17) is 0 Å². The van der Waals surface area contributed by atoms with Gasteiger partial charge in [-0.05, 0) is 38.3 Å². The van der Waals surface area contributed by atoms with E-state index in [0.717, 1.165) is 19.5 Å². The Labute approximate surface area is 140 Å². The second kappa shape index (κ2) is 9.36. The van der Waals surface area contributed by atoms with Gasteiger partial charge in [0.25, 0.3) is 0 Å². The normalized spacial score (nSPS) is 20.0. The number of hydrogen-bond donors (Lipinski definition) is 1. The molecule has 0 spiro atoms. The van der Waals surface area contributed by atoms with Gasteiger partial charge >= 0.3 is 0 Å². The van der Waals surface area contributed by atoms with Gasteiger partial charge in [-0.15, -0.1) is 12.4 Å². The molecule has 0 saturated carbocycles. The van der Waals surface area contributed by atoms with E-state index in [1.54, 1.807) is 0 Å². The number of piperazine rings is 1. The summed E-state index contributed by atoms with van der Waals surface area (Å²) in [6, 6.07) is 0. The first-order valence-corrected chi connectivity index (χ1v) is 8.35. The molecule has 2 heterocycles. The maximum absolute atomic E-state index is 12.3. The standard InChI is InChI=1S/C16H29N3O2.ClH/c1-13(2)16(21)19-11-9-18(10-12-19)15(20)4-3-14-5-7-17-8-6-14;/h13-14,17H,3-12H2,1-2H3;1H. The third-order valence-corrected chi connectivity index (χ3v) is 4.66. The molecule has 1 N–H and O–H groups in total. The summed E-state index contributed by atoms with van der Waals surface area (Å²) in [4.78, 5) is 28.0. The molecule has 0 radical (unpaired) electrons. The first kappa shape index (κ1) is 19.2. The van der Waals surface area contributed by atoms with Crippen LogP contribution < -0.4 is 5.32 Å². The maximum atomic E-state index is 12.3. The van der Waals surface area contributed by atoms with Crippen LogP contribution in [0.2, 0.25) is 0 Å². The van der Waals surface area contributed by atoms with Crippen molar-refractivity contribution >= 4 is 24.2 Å². The molecule has 2 aliphatic rings. The van der Waals surface area contributed by atoms with Crippen LogP contribution in [-0.4, -0.2) is 60.9 Å². The van der Waals surface area contributed by atoms with E-state index >= 15 is 0 Å². The zero-order valence-corrected chi connectivity index (χ0v) is 14.7. The van der Waals surface area contributed by atoms with Gasteiger partial charge in [0.05, 0.1) is 0 Å². The van der Waals surface area contributed by atoms with Crippen molar-refractivity contribution in [2.45, 2.75) is 39.5 Å².